The highest BCUT2D eigenvalue weighted by atomic mass is 19.1. The zero-order chi connectivity index (χ0) is 24.4. The van der Waals surface area contributed by atoms with E-state index in [0.717, 1.165) is 75.9 Å². The van der Waals surface area contributed by atoms with Crippen molar-refractivity contribution in [1.29, 1.82) is 0 Å². The normalized spacial score (nSPS) is 18.8. The number of nitrogens with two attached hydrogens (primary N) is 1. The maximum atomic E-state index is 13.3. The van der Waals surface area contributed by atoms with Gasteiger partial charge in [0.25, 0.3) is 5.91 Å². The van der Waals surface area contributed by atoms with E-state index in [1.807, 2.05) is 24.3 Å². The SMILES string of the molecule is NC(=O)c1cc2c(Oc3ccc(F)cc3)cccc2n1C1CCN(CCN2CCC(O)CC2)CC1. The number of rotatable bonds is 7. The summed E-state index contributed by atoms with van der Waals surface area (Å²) in [7, 11) is 0. The molecule has 8 heteroatoms. The molecule has 1 aromatic heterocycles. The van der Waals surface area contributed by atoms with Crippen molar-refractivity contribution < 1.29 is 19.0 Å². The Balaban J connectivity index is 1.30. The number of hydrogen-bond donors (Lipinski definition) is 2. The first-order chi connectivity index (χ1) is 17.0. The summed E-state index contributed by atoms with van der Waals surface area (Å²) in [5.41, 5.74) is 7.20. The third kappa shape index (κ3) is 5.34. The van der Waals surface area contributed by atoms with Crippen LogP contribution in [0.3, 0.4) is 0 Å². The van der Waals surface area contributed by atoms with Crippen molar-refractivity contribution in [2.45, 2.75) is 37.8 Å². The first-order valence-corrected chi connectivity index (χ1v) is 12.5. The Morgan fingerprint density at radius 2 is 1.60 bits per heavy atom. The molecule has 0 spiro atoms. The average molecular weight is 481 g/mol. The summed E-state index contributed by atoms with van der Waals surface area (Å²) in [6.45, 7) is 5.91. The number of amides is 1. The highest BCUT2D eigenvalue weighted by Gasteiger charge is 2.27. The standard InChI is InChI=1S/C27H33FN4O3/c28-19-4-6-22(7-5-19)35-26-3-1-2-24-23(26)18-25(27(29)34)32(24)20-8-12-30(13-9-20)16-17-31-14-10-21(33)11-15-31/h1-7,18,20-21,33H,8-17H2,(H2,29,34). The zero-order valence-corrected chi connectivity index (χ0v) is 19.9. The second kappa shape index (κ2) is 10.4. The lowest BCUT2D eigenvalue weighted by Gasteiger charge is -2.36. The van der Waals surface area contributed by atoms with Crippen LogP contribution in [-0.2, 0) is 0 Å². The average Bonchev–Trinajstić information content (AvgIpc) is 3.27. The van der Waals surface area contributed by atoms with Gasteiger partial charge >= 0.3 is 0 Å². The molecule has 186 valence electrons. The molecule has 2 saturated heterocycles. The van der Waals surface area contributed by atoms with Crippen LogP contribution in [0.5, 0.6) is 11.5 Å². The summed E-state index contributed by atoms with van der Waals surface area (Å²) in [6.07, 6.45) is 3.47. The quantitative estimate of drug-likeness (QED) is 0.538. The molecule has 35 heavy (non-hydrogen) atoms. The van der Waals surface area contributed by atoms with Gasteiger partial charge in [0.1, 0.15) is 23.0 Å². The Kier molecular flexibility index (Phi) is 7.04. The summed E-state index contributed by atoms with van der Waals surface area (Å²) in [5, 5.41) is 10.5. The number of aromatic nitrogens is 1. The minimum absolute atomic E-state index is 0.139. The Bertz CT molecular complexity index is 1160. The van der Waals surface area contributed by atoms with Crippen LogP contribution in [0.25, 0.3) is 10.9 Å². The van der Waals surface area contributed by atoms with Gasteiger partial charge in [-0.05, 0) is 68.1 Å². The van der Waals surface area contributed by atoms with Crippen molar-refractivity contribution in [2.24, 2.45) is 5.73 Å². The molecule has 0 saturated carbocycles. The molecule has 0 atom stereocenters. The Labute approximate surface area is 204 Å². The van der Waals surface area contributed by atoms with Gasteiger partial charge in [-0.2, -0.15) is 0 Å². The molecule has 0 aliphatic carbocycles. The summed E-state index contributed by atoms with van der Waals surface area (Å²) in [6, 6.07) is 13.6. The summed E-state index contributed by atoms with van der Waals surface area (Å²) in [4.78, 5) is 17.3. The third-order valence-electron chi connectivity index (χ3n) is 7.35. The summed E-state index contributed by atoms with van der Waals surface area (Å²) < 4.78 is 21.4. The van der Waals surface area contributed by atoms with Crippen LogP contribution in [0.2, 0.25) is 0 Å². The van der Waals surface area contributed by atoms with Crippen LogP contribution in [0, 0.1) is 5.82 Å². The number of hydrogen-bond acceptors (Lipinski definition) is 5. The van der Waals surface area contributed by atoms with Gasteiger partial charge in [-0.15, -0.1) is 0 Å². The lowest BCUT2D eigenvalue weighted by Crippen LogP contribution is -2.43. The van der Waals surface area contributed by atoms with Gasteiger partial charge < -0.3 is 29.9 Å². The van der Waals surface area contributed by atoms with Gasteiger partial charge in [0.05, 0.1) is 11.6 Å². The summed E-state index contributed by atoms with van der Waals surface area (Å²) in [5.74, 6) is 0.366. The second-order valence-corrected chi connectivity index (χ2v) is 9.65. The van der Waals surface area contributed by atoms with Crippen molar-refractivity contribution in [1.82, 2.24) is 14.4 Å². The van der Waals surface area contributed by atoms with E-state index in [9.17, 15) is 14.3 Å². The van der Waals surface area contributed by atoms with Gasteiger partial charge in [0, 0.05) is 50.7 Å². The smallest absolute Gasteiger partial charge is 0.265 e. The number of piperidine rings is 2. The zero-order valence-electron chi connectivity index (χ0n) is 19.9. The molecule has 0 radical (unpaired) electrons. The van der Waals surface area contributed by atoms with Crippen molar-refractivity contribution in [3.8, 4) is 11.5 Å². The van der Waals surface area contributed by atoms with Gasteiger partial charge in [0.2, 0.25) is 0 Å². The fourth-order valence-corrected chi connectivity index (χ4v) is 5.35. The number of ether oxygens (including phenoxy) is 1. The van der Waals surface area contributed by atoms with Crippen molar-refractivity contribution in [3.05, 3.63) is 60.0 Å². The number of fused-ring (bicyclic) bond motifs is 1. The number of benzene rings is 2. The van der Waals surface area contributed by atoms with E-state index >= 15 is 0 Å². The maximum absolute atomic E-state index is 13.3. The number of primary amides is 1. The van der Waals surface area contributed by atoms with Crippen molar-refractivity contribution in [3.63, 3.8) is 0 Å². The fourth-order valence-electron chi connectivity index (χ4n) is 5.35. The number of aliphatic hydroxyl groups is 1. The van der Waals surface area contributed by atoms with E-state index in [2.05, 4.69) is 14.4 Å². The molecule has 1 amide bonds. The summed E-state index contributed by atoms with van der Waals surface area (Å²) >= 11 is 0. The van der Waals surface area contributed by atoms with E-state index in [1.54, 1.807) is 12.1 Å². The van der Waals surface area contributed by atoms with E-state index in [-0.39, 0.29) is 18.0 Å². The fraction of sp³-hybridized carbons (Fsp3) is 0.444. The van der Waals surface area contributed by atoms with Crippen molar-refractivity contribution >= 4 is 16.8 Å². The van der Waals surface area contributed by atoms with E-state index in [4.69, 9.17) is 10.5 Å². The molecule has 2 aliphatic heterocycles. The molecule has 2 aliphatic rings. The van der Waals surface area contributed by atoms with Gasteiger partial charge in [-0.1, -0.05) is 6.07 Å². The van der Waals surface area contributed by atoms with Crippen LogP contribution in [0.4, 0.5) is 4.39 Å². The number of aliphatic hydroxyl groups excluding tert-OH is 1. The molecular formula is C27H33FN4O3. The van der Waals surface area contributed by atoms with E-state index in [1.165, 1.54) is 12.1 Å². The van der Waals surface area contributed by atoms with Gasteiger partial charge in [-0.25, -0.2) is 4.39 Å². The number of likely N-dealkylation sites (tertiary alicyclic amines) is 2. The first kappa shape index (κ1) is 23.8. The Morgan fingerprint density at radius 3 is 2.23 bits per heavy atom. The van der Waals surface area contributed by atoms with Crippen molar-refractivity contribution in [2.75, 3.05) is 39.3 Å². The topological polar surface area (TPSA) is 84.0 Å². The van der Waals surface area contributed by atoms with Gasteiger partial charge in [0.15, 0.2) is 0 Å². The minimum atomic E-state index is -0.455. The predicted octanol–water partition coefficient (Wildman–Crippen LogP) is 3.77. The molecule has 0 bridgehead atoms. The molecule has 3 N–H and O–H groups in total. The predicted molar refractivity (Wildman–Crippen MR) is 133 cm³/mol. The highest BCUT2D eigenvalue weighted by molar-refractivity contribution is 6.00. The molecule has 2 aromatic carbocycles. The van der Waals surface area contributed by atoms with Crippen LogP contribution in [-0.4, -0.2) is 70.8 Å². The maximum Gasteiger partial charge on any atom is 0.265 e. The highest BCUT2D eigenvalue weighted by Crippen LogP contribution is 2.36. The molecule has 5 rings (SSSR count). The molecule has 0 unspecified atom stereocenters. The van der Waals surface area contributed by atoms with Crippen LogP contribution < -0.4 is 10.5 Å². The Hall–Kier alpha value is -2.94. The number of carbonyl (C=O) groups excluding carboxylic acids is 1. The Morgan fingerprint density at radius 1 is 0.971 bits per heavy atom. The second-order valence-electron chi connectivity index (χ2n) is 9.65. The largest absolute Gasteiger partial charge is 0.457 e. The number of carbonyl (C=O) groups is 1. The van der Waals surface area contributed by atoms with Crippen LogP contribution in [0.15, 0.2) is 48.5 Å². The third-order valence-corrected chi connectivity index (χ3v) is 7.35. The first-order valence-electron chi connectivity index (χ1n) is 12.5. The lowest BCUT2D eigenvalue weighted by molar-refractivity contribution is 0.0733. The lowest BCUT2D eigenvalue weighted by atomic mass is 10.0. The molecule has 7 nitrogen and oxygen atoms in total. The minimum Gasteiger partial charge on any atom is -0.457 e. The monoisotopic (exact) mass is 480 g/mol. The molecule has 3 aromatic rings. The number of nitrogens with zero attached hydrogens (tertiary/aromatic N) is 3. The van der Waals surface area contributed by atoms with Gasteiger partial charge in [-0.3, -0.25) is 4.79 Å². The molecule has 3 heterocycles. The van der Waals surface area contributed by atoms with E-state index in [0.29, 0.717) is 17.2 Å². The molecule has 2 fully saturated rings. The molecular weight excluding hydrogens is 447 g/mol. The number of halogens is 1. The van der Waals surface area contributed by atoms with Crippen LogP contribution in [0.1, 0.15) is 42.2 Å². The van der Waals surface area contributed by atoms with E-state index < -0.39 is 5.91 Å². The van der Waals surface area contributed by atoms with Crippen LogP contribution >= 0.6 is 0 Å².